The predicted molar refractivity (Wildman–Crippen MR) is 167 cm³/mol. The van der Waals surface area contributed by atoms with Crippen molar-refractivity contribution >= 4 is 34.5 Å². The molecule has 0 N–H and O–H groups in total. The first-order valence-electron chi connectivity index (χ1n) is 13.0. The molecule has 0 saturated heterocycles. The van der Waals surface area contributed by atoms with Gasteiger partial charge in [-0.25, -0.2) is 15.0 Å². The second-order valence-electron chi connectivity index (χ2n) is 8.17. The molecule has 0 spiro atoms. The van der Waals surface area contributed by atoms with Gasteiger partial charge < -0.3 is 21.9 Å². The zero-order valence-electron chi connectivity index (χ0n) is 25.0. The van der Waals surface area contributed by atoms with Crippen LogP contribution in [0.2, 0.25) is 0 Å². The number of hydrogen-bond acceptors (Lipinski definition) is 9. The minimum absolute atomic E-state index is 0. The molecule has 0 unspecified atom stereocenters. The van der Waals surface area contributed by atoms with Gasteiger partial charge in [0.05, 0.1) is 17.1 Å². The van der Waals surface area contributed by atoms with Crippen molar-refractivity contribution in [3.05, 3.63) is 164 Å². The molecule has 48 heavy (non-hydrogen) atoms. The Morgan fingerprint density at radius 2 is 0.500 bits per heavy atom. The van der Waals surface area contributed by atoms with Crippen molar-refractivity contribution in [3.63, 3.8) is 0 Å². The summed E-state index contributed by atoms with van der Waals surface area (Å²) in [7, 11) is 0. The van der Waals surface area contributed by atoms with Gasteiger partial charge in [0.2, 0.25) is 0 Å². The van der Waals surface area contributed by atoms with Crippen molar-refractivity contribution < 1.29 is 62.8 Å². The van der Waals surface area contributed by atoms with Crippen molar-refractivity contribution in [2.24, 2.45) is 30.7 Å². The van der Waals surface area contributed by atoms with Crippen molar-refractivity contribution in [2.45, 2.75) is 0 Å². The van der Waals surface area contributed by atoms with E-state index in [2.05, 4.69) is 45.6 Å². The Hall–Kier alpha value is -4.93. The van der Waals surface area contributed by atoms with Crippen LogP contribution in [0, 0.1) is 0 Å². The Morgan fingerprint density at radius 3 is 0.708 bits per heavy atom. The summed E-state index contributed by atoms with van der Waals surface area (Å²) in [4.78, 5) is 12.1. The van der Waals surface area contributed by atoms with Gasteiger partial charge >= 0.3 is 0 Å². The monoisotopic (exact) mass is 987 g/mol. The zero-order valence-corrected chi connectivity index (χ0v) is 30.4. The number of benzene rings is 3. The van der Waals surface area contributed by atoms with Crippen LogP contribution in [0.15, 0.2) is 195 Å². The molecule has 15 heteroatoms. The van der Waals surface area contributed by atoms with Crippen LogP contribution in [0.5, 0.6) is 0 Å². The SMILES string of the molecule is [O-2].[O-2].[O-2].[O-2].[Re].[Re].c1ccc(N=Nc2ccccn2)cc1.c1ccc(N=Nc2ccccn2)cc1.c1ccc(N=Nc2ccccn2)cc1. The molecule has 13 nitrogen and oxygen atoms in total. The van der Waals surface area contributed by atoms with Gasteiger partial charge in [0, 0.05) is 59.4 Å². The minimum atomic E-state index is 0. The fourth-order valence-corrected chi connectivity index (χ4v) is 3.05. The van der Waals surface area contributed by atoms with E-state index in [0.29, 0.717) is 17.5 Å². The third-order valence-electron chi connectivity index (χ3n) is 5.02. The molecule has 3 aromatic heterocycles. The van der Waals surface area contributed by atoms with E-state index in [1.165, 1.54) is 0 Å². The fourth-order valence-electron chi connectivity index (χ4n) is 3.05. The Labute approximate surface area is 305 Å². The van der Waals surface area contributed by atoms with E-state index in [-0.39, 0.29) is 62.8 Å². The van der Waals surface area contributed by atoms with Gasteiger partial charge in [0.15, 0.2) is 17.5 Å². The second-order valence-corrected chi connectivity index (χ2v) is 8.17. The van der Waals surface area contributed by atoms with Gasteiger partial charge in [-0.3, -0.25) is 0 Å². The average Bonchev–Trinajstić information content (AvgIpc) is 3.09. The molecule has 3 heterocycles. The minimum Gasteiger partial charge on any atom is -2.00 e. The Morgan fingerprint density at radius 1 is 0.271 bits per heavy atom. The Bertz CT molecular complexity index is 1340. The molecule has 6 aromatic rings. The van der Waals surface area contributed by atoms with Crippen LogP contribution < -0.4 is 0 Å². The van der Waals surface area contributed by atoms with E-state index < -0.39 is 0 Å². The molecule has 0 amide bonds. The van der Waals surface area contributed by atoms with Gasteiger partial charge in [-0.15, -0.1) is 30.7 Å². The van der Waals surface area contributed by atoms with E-state index in [0.717, 1.165) is 17.1 Å². The van der Waals surface area contributed by atoms with Gasteiger partial charge in [-0.2, -0.15) is 0 Å². The number of pyridine rings is 3. The van der Waals surface area contributed by atoms with E-state index in [9.17, 15) is 0 Å². The first kappa shape index (κ1) is 47.5. The summed E-state index contributed by atoms with van der Waals surface area (Å²) in [5, 5.41) is 24.1. The third-order valence-corrected chi connectivity index (χ3v) is 5.02. The molecule has 0 bridgehead atoms. The maximum atomic E-state index is 4.04. The summed E-state index contributed by atoms with van der Waals surface area (Å²) in [6.45, 7) is 0. The number of hydrogen-bond donors (Lipinski definition) is 0. The molecular weight excluding hydrogens is 959 g/mol. The molecule has 0 atom stereocenters. The summed E-state index contributed by atoms with van der Waals surface area (Å²) in [6.07, 6.45) is 5.08. The van der Waals surface area contributed by atoms with Gasteiger partial charge in [0.25, 0.3) is 0 Å². The average molecular weight is 986 g/mol. The molecule has 250 valence electrons. The number of aromatic nitrogens is 3. The van der Waals surface area contributed by atoms with Crippen molar-refractivity contribution in [2.75, 3.05) is 0 Å². The molecule has 0 saturated carbocycles. The van der Waals surface area contributed by atoms with Crippen LogP contribution >= 0.6 is 0 Å². The van der Waals surface area contributed by atoms with Crippen molar-refractivity contribution in [1.82, 2.24) is 15.0 Å². The van der Waals surface area contributed by atoms with E-state index >= 15 is 0 Å². The zero-order chi connectivity index (χ0) is 28.9. The number of azo groups is 3. The summed E-state index contributed by atoms with van der Waals surface area (Å²) in [6, 6.07) is 45.4. The van der Waals surface area contributed by atoms with Gasteiger partial charge in [-0.05, 0) is 72.8 Å². The Kier molecular flexibility index (Phi) is 29.2. The molecule has 6 rings (SSSR count). The van der Waals surface area contributed by atoms with E-state index in [1.54, 1.807) is 18.6 Å². The molecule has 0 aliphatic rings. The number of nitrogens with zero attached hydrogens (tertiary/aromatic N) is 9. The molecule has 3 aromatic carbocycles. The van der Waals surface area contributed by atoms with Crippen LogP contribution in [0.4, 0.5) is 34.5 Å². The summed E-state index contributed by atoms with van der Waals surface area (Å²) in [5.74, 6) is 1.86. The van der Waals surface area contributed by atoms with Crippen LogP contribution in [-0.2, 0) is 62.8 Å². The smallest absolute Gasteiger partial charge is 0.174 e. The fraction of sp³-hybridized carbons (Fsp3) is 0. The summed E-state index contributed by atoms with van der Waals surface area (Å²) in [5.41, 5.74) is 2.49. The van der Waals surface area contributed by atoms with E-state index in [4.69, 9.17) is 0 Å². The van der Waals surface area contributed by atoms with Crippen LogP contribution in [0.25, 0.3) is 0 Å². The topological polar surface area (TPSA) is 227 Å². The molecule has 0 fully saturated rings. The van der Waals surface area contributed by atoms with Crippen LogP contribution in [-0.4, -0.2) is 15.0 Å². The standard InChI is InChI=1S/3C11H9N3.4O.2Re/c3*1-2-6-10(7-3-1)13-14-11-8-4-5-9-12-11;;;;;;/h3*1-9H;;;;;;/q;;;4*-2;;. The molecule has 0 aliphatic carbocycles. The van der Waals surface area contributed by atoms with E-state index in [1.807, 2.05) is 146 Å². The van der Waals surface area contributed by atoms with Crippen molar-refractivity contribution in [1.29, 1.82) is 0 Å². The normalized spacial score (nSPS) is 9.25. The summed E-state index contributed by atoms with van der Waals surface area (Å²) >= 11 is 0. The van der Waals surface area contributed by atoms with Crippen molar-refractivity contribution in [3.8, 4) is 0 Å². The maximum Gasteiger partial charge on any atom is 0.174 e. The largest absolute Gasteiger partial charge is 2.00 e. The molecule has 0 aliphatic heterocycles. The predicted octanol–water partition coefficient (Wildman–Crippen LogP) is 10.0. The maximum absolute atomic E-state index is 4.04. The quantitative estimate of drug-likeness (QED) is 0.149. The summed E-state index contributed by atoms with van der Waals surface area (Å²) < 4.78 is 0. The van der Waals surface area contributed by atoms with Gasteiger partial charge in [-0.1, -0.05) is 72.8 Å². The van der Waals surface area contributed by atoms with Gasteiger partial charge in [0.1, 0.15) is 0 Å². The molecule has 2 radical (unpaired) electrons. The van der Waals surface area contributed by atoms with Crippen LogP contribution in [0.3, 0.4) is 0 Å². The van der Waals surface area contributed by atoms with Crippen LogP contribution in [0.1, 0.15) is 0 Å². The first-order valence-corrected chi connectivity index (χ1v) is 13.0. The first-order chi connectivity index (χ1) is 20.8. The Balaban J connectivity index is -0.000000596. The number of rotatable bonds is 6. The second kappa shape index (κ2) is 29.5. The molecular formula is C33H27N9O4Re2-8. The third kappa shape index (κ3) is 19.6.